The van der Waals surface area contributed by atoms with Crippen molar-refractivity contribution in [3.63, 3.8) is 0 Å². The molecule has 116 valence electrons. The van der Waals surface area contributed by atoms with Gasteiger partial charge in [0.05, 0.1) is 11.0 Å². The number of esters is 1. The Kier molecular flexibility index (Phi) is 5.20. The topological polar surface area (TPSA) is 66.8 Å². The summed E-state index contributed by atoms with van der Waals surface area (Å²) in [6.07, 6.45) is 1.39. The van der Waals surface area contributed by atoms with Gasteiger partial charge in [0.2, 0.25) is 0 Å². The van der Waals surface area contributed by atoms with Crippen molar-refractivity contribution in [2.75, 3.05) is 6.54 Å². The Balaban J connectivity index is 2.13. The SMILES string of the molecule is CC(C)OC(=O)CN1C(=O)C(=Cc2cccc(O)c2)SC1=S. The number of aromatic hydroxyl groups is 1. The molecule has 0 spiro atoms. The fraction of sp³-hybridized carbons (Fsp3) is 0.267. The molecule has 1 saturated heterocycles. The highest BCUT2D eigenvalue weighted by Gasteiger charge is 2.33. The molecule has 1 heterocycles. The van der Waals surface area contributed by atoms with E-state index in [1.807, 2.05) is 0 Å². The Hall–Kier alpha value is -1.86. The summed E-state index contributed by atoms with van der Waals surface area (Å²) in [5, 5.41) is 9.44. The highest BCUT2D eigenvalue weighted by atomic mass is 32.2. The molecule has 0 unspecified atom stereocenters. The van der Waals surface area contributed by atoms with Crippen LogP contribution < -0.4 is 0 Å². The predicted octanol–water partition coefficient (Wildman–Crippen LogP) is 2.55. The molecule has 1 aliphatic rings. The molecule has 5 nitrogen and oxygen atoms in total. The molecular weight excluding hydrogens is 322 g/mol. The highest BCUT2D eigenvalue weighted by molar-refractivity contribution is 8.26. The van der Waals surface area contributed by atoms with Crippen LogP contribution in [0.4, 0.5) is 0 Å². The Morgan fingerprint density at radius 3 is 2.86 bits per heavy atom. The van der Waals surface area contributed by atoms with Crippen LogP contribution in [-0.2, 0) is 14.3 Å². The number of thiocarbonyl (C=S) groups is 1. The van der Waals surface area contributed by atoms with Crippen LogP contribution in [0.1, 0.15) is 19.4 Å². The summed E-state index contributed by atoms with van der Waals surface area (Å²) in [7, 11) is 0. The summed E-state index contributed by atoms with van der Waals surface area (Å²) in [4.78, 5) is 25.6. The van der Waals surface area contributed by atoms with Gasteiger partial charge in [0.25, 0.3) is 5.91 Å². The van der Waals surface area contributed by atoms with Gasteiger partial charge in [-0.3, -0.25) is 14.5 Å². The van der Waals surface area contributed by atoms with Gasteiger partial charge in [0.1, 0.15) is 16.6 Å². The highest BCUT2D eigenvalue weighted by Crippen LogP contribution is 2.32. The zero-order valence-electron chi connectivity index (χ0n) is 12.1. The predicted molar refractivity (Wildman–Crippen MR) is 89.2 cm³/mol. The van der Waals surface area contributed by atoms with Crippen molar-refractivity contribution in [3.05, 3.63) is 34.7 Å². The first-order valence-electron chi connectivity index (χ1n) is 6.60. The number of phenols is 1. The number of ether oxygens (including phenoxy) is 1. The van der Waals surface area contributed by atoms with E-state index >= 15 is 0 Å². The van der Waals surface area contributed by atoms with Crippen molar-refractivity contribution in [3.8, 4) is 5.75 Å². The van der Waals surface area contributed by atoms with Crippen molar-refractivity contribution in [1.82, 2.24) is 4.90 Å². The van der Waals surface area contributed by atoms with E-state index in [1.54, 1.807) is 44.2 Å². The van der Waals surface area contributed by atoms with Crippen molar-refractivity contribution in [2.45, 2.75) is 20.0 Å². The minimum absolute atomic E-state index is 0.115. The quantitative estimate of drug-likeness (QED) is 0.517. The number of hydrogen-bond acceptors (Lipinski definition) is 6. The fourth-order valence-corrected chi connectivity index (χ4v) is 3.09. The molecule has 22 heavy (non-hydrogen) atoms. The normalized spacial score (nSPS) is 16.7. The standard InChI is InChI=1S/C15H15NO4S2/c1-9(2)20-13(18)8-16-14(19)12(22-15(16)21)7-10-4-3-5-11(17)6-10/h3-7,9,17H,8H2,1-2H3. The zero-order chi connectivity index (χ0) is 16.3. The number of nitrogens with zero attached hydrogens (tertiary/aromatic N) is 1. The average Bonchev–Trinajstić information content (AvgIpc) is 2.66. The summed E-state index contributed by atoms with van der Waals surface area (Å²) in [6.45, 7) is 3.29. The second-order valence-electron chi connectivity index (χ2n) is 4.90. The maximum atomic E-state index is 12.3. The smallest absolute Gasteiger partial charge is 0.326 e. The third kappa shape index (κ3) is 4.08. The Morgan fingerprint density at radius 2 is 2.23 bits per heavy atom. The number of benzene rings is 1. The number of phenolic OH excluding ortho intramolecular Hbond substituents is 1. The lowest BCUT2D eigenvalue weighted by Crippen LogP contribution is -2.35. The van der Waals surface area contributed by atoms with Crippen LogP contribution >= 0.6 is 24.0 Å². The molecule has 1 amide bonds. The van der Waals surface area contributed by atoms with Crippen LogP contribution in [0.5, 0.6) is 5.75 Å². The monoisotopic (exact) mass is 337 g/mol. The first kappa shape index (κ1) is 16.5. The van der Waals surface area contributed by atoms with E-state index in [-0.39, 0.29) is 24.3 Å². The second kappa shape index (κ2) is 6.93. The lowest BCUT2D eigenvalue weighted by atomic mass is 10.2. The number of thioether (sulfide) groups is 1. The van der Waals surface area contributed by atoms with E-state index in [9.17, 15) is 14.7 Å². The van der Waals surface area contributed by atoms with E-state index in [0.29, 0.717) is 14.8 Å². The number of amides is 1. The molecule has 0 aliphatic carbocycles. The Labute approximate surface area is 137 Å². The molecular formula is C15H15NO4S2. The maximum absolute atomic E-state index is 12.3. The van der Waals surface area contributed by atoms with Gasteiger partial charge in [0.15, 0.2) is 0 Å². The van der Waals surface area contributed by atoms with Crippen LogP contribution in [0.3, 0.4) is 0 Å². The van der Waals surface area contributed by atoms with Gasteiger partial charge in [-0.05, 0) is 37.6 Å². The minimum atomic E-state index is -0.495. The number of carbonyl (C=O) groups excluding carboxylic acids is 2. The Morgan fingerprint density at radius 1 is 1.50 bits per heavy atom. The number of carbonyl (C=O) groups is 2. The number of rotatable bonds is 4. The van der Waals surface area contributed by atoms with Crippen LogP contribution in [0.25, 0.3) is 6.08 Å². The third-order valence-corrected chi connectivity index (χ3v) is 4.07. The van der Waals surface area contributed by atoms with Crippen LogP contribution in [0.2, 0.25) is 0 Å². The molecule has 1 aliphatic heterocycles. The molecule has 1 aromatic rings. The summed E-state index contributed by atoms with van der Waals surface area (Å²) >= 11 is 6.26. The van der Waals surface area contributed by atoms with E-state index in [2.05, 4.69) is 0 Å². The van der Waals surface area contributed by atoms with Crippen LogP contribution in [0.15, 0.2) is 29.2 Å². The lowest BCUT2D eigenvalue weighted by Gasteiger charge is -2.14. The third-order valence-electron chi connectivity index (χ3n) is 2.70. The average molecular weight is 337 g/mol. The first-order valence-corrected chi connectivity index (χ1v) is 7.83. The molecule has 2 rings (SSSR count). The summed E-state index contributed by atoms with van der Waals surface area (Å²) in [5.41, 5.74) is 0.685. The van der Waals surface area contributed by atoms with Gasteiger partial charge in [-0.15, -0.1) is 0 Å². The van der Waals surface area contributed by atoms with Gasteiger partial charge in [-0.2, -0.15) is 0 Å². The zero-order valence-corrected chi connectivity index (χ0v) is 13.7. The summed E-state index contributed by atoms with van der Waals surface area (Å²) < 4.78 is 5.34. The molecule has 7 heteroatoms. The molecule has 0 aromatic heterocycles. The molecule has 1 fully saturated rings. The van der Waals surface area contributed by atoms with E-state index in [0.717, 1.165) is 11.8 Å². The van der Waals surface area contributed by atoms with Gasteiger partial charge in [-0.25, -0.2) is 0 Å². The van der Waals surface area contributed by atoms with Crippen molar-refractivity contribution in [1.29, 1.82) is 0 Å². The minimum Gasteiger partial charge on any atom is -0.508 e. The molecule has 0 atom stereocenters. The first-order chi connectivity index (χ1) is 10.4. The van der Waals surface area contributed by atoms with Crippen molar-refractivity contribution in [2.24, 2.45) is 0 Å². The van der Waals surface area contributed by atoms with Crippen molar-refractivity contribution >= 4 is 46.3 Å². The van der Waals surface area contributed by atoms with Gasteiger partial charge < -0.3 is 9.84 Å². The van der Waals surface area contributed by atoms with Crippen LogP contribution in [0, 0.1) is 0 Å². The van der Waals surface area contributed by atoms with E-state index in [4.69, 9.17) is 17.0 Å². The van der Waals surface area contributed by atoms with Crippen LogP contribution in [-0.4, -0.2) is 38.9 Å². The molecule has 1 aromatic carbocycles. The van der Waals surface area contributed by atoms with E-state index < -0.39 is 5.97 Å². The molecule has 0 bridgehead atoms. The lowest BCUT2D eigenvalue weighted by molar-refractivity contribution is -0.149. The molecule has 1 N–H and O–H groups in total. The van der Waals surface area contributed by atoms with Gasteiger partial charge in [-0.1, -0.05) is 36.1 Å². The van der Waals surface area contributed by atoms with Crippen molar-refractivity contribution < 1.29 is 19.4 Å². The molecule has 0 radical (unpaired) electrons. The maximum Gasteiger partial charge on any atom is 0.326 e. The van der Waals surface area contributed by atoms with Gasteiger partial charge >= 0.3 is 5.97 Å². The molecule has 0 saturated carbocycles. The number of hydrogen-bond donors (Lipinski definition) is 1. The van der Waals surface area contributed by atoms with Gasteiger partial charge in [0, 0.05) is 0 Å². The van der Waals surface area contributed by atoms with E-state index in [1.165, 1.54) is 4.90 Å². The Bertz CT molecular complexity index is 655. The fourth-order valence-electron chi connectivity index (χ4n) is 1.83. The second-order valence-corrected chi connectivity index (χ2v) is 6.58. The summed E-state index contributed by atoms with van der Waals surface area (Å²) in [5.74, 6) is -0.714. The largest absolute Gasteiger partial charge is 0.508 e. The summed E-state index contributed by atoms with van der Waals surface area (Å²) in [6, 6.07) is 6.53.